The van der Waals surface area contributed by atoms with Crippen LogP contribution in [0, 0.1) is 26.6 Å². The second-order valence-corrected chi connectivity index (χ2v) is 7.49. The summed E-state index contributed by atoms with van der Waals surface area (Å²) in [6.45, 7) is 5.72. The predicted octanol–water partition coefficient (Wildman–Crippen LogP) is 5.15. The van der Waals surface area contributed by atoms with Crippen LogP contribution in [0.2, 0.25) is 0 Å². The van der Waals surface area contributed by atoms with Gasteiger partial charge in [-0.05, 0) is 73.4 Å². The lowest BCUT2D eigenvalue weighted by atomic mass is 10.0. The molecule has 1 N–H and O–H groups in total. The number of carbonyl (C=O) groups is 2. The molecule has 0 spiro atoms. The molecule has 0 unspecified atom stereocenters. The average molecular weight is 400 g/mol. The summed E-state index contributed by atoms with van der Waals surface area (Å²) in [7, 11) is 0. The van der Waals surface area contributed by atoms with E-state index in [1.165, 1.54) is 29.2 Å². The zero-order chi connectivity index (χ0) is 21.4. The second kappa shape index (κ2) is 7.59. The van der Waals surface area contributed by atoms with Crippen molar-refractivity contribution < 1.29 is 14.0 Å². The molecule has 30 heavy (non-hydrogen) atoms. The molecule has 2 amide bonds. The molecule has 4 nitrogen and oxygen atoms in total. The number of benzene rings is 3. The molecule has 5 heteroatoms. The highest BCUT2D eigenvalue weighted by Crippen LogP contribution is 2.35. The molecule has 0 radical (unpaired) electrons. The topological polar surface area (TPSA) is 49.4 Å². The van der Waals surface area contributed by atoms with Gasteiger partial charge in [-0.15, -0.1) is 0 Å². The molecular weight excluding hydrogens is 379 g/mol. The van der Waals surface area contributed by atoms with Crippen molar-refractivity contribution in [2.75, 3.05) is 10.2 Å². The Hall–Kier alpha value is -3.73. The first-order valence-corrected chi connectivity index (χ1v) is 9.65. The molecule has 1 aliphatic rings. The van der Waals surface area contributed by atoms with Gasteiger partial charge in [0.05, 0.1) is 11.3 Å². The van der Waals surface area contributed by atoms with E-state index >= 15 is 0 Å². The molecule has 1 heterocycles. The lowest BCUT2D eigenvalue weighted by Crippen LogP contribution is -2.33. The zero-order valence-corrected chi connectivity index (χ0v) is 17.0. The smallest absolute Gasteiger partial charge is 0.282 e. The summed E-state index contributed by atoms with van der Waals surface area (Å²) >= 11 is 0. The van der Waals surface area contributed by atoms with Crippen LogP contribution in [0.15, 0.2) is 72.4 Å². The van der Waals surface area contributed by atoms with Crippen molar-refractivity contribution in [3.8, 4) is 0 Å². The number of imide groups is 1. The molecule has 3 aromatic carbocycles. The Morgan fingerprint density at radius 2 is 1.50 bits per heavy atom. The molecule has 0 saturated heterocycles. The Balaban J connectivity index is 1.86. The second-order valence-electron chi connectivity index (χ2n) is 7.49. The number of amides is 2. The first-order chi connectivity index (χ1) is 14.3. The maximum atomic E-state index is 13.5. The fourth-order valence-corrected chi connectivity index (χ4v) is 3.58. The Morgan fingerprint density at radius 3 is 2.20 bits per heavy atom. The van der Waals surface area contributed by atoms with Crippen LogP contribution in [0.1, 0.15) is 22.3 Å². The molecule has 1 aliphatic heterocycles. The largest absolute Gasteiger partial charge is 0.350 e. The van der Waals surface area contributed by atoms with Crippen LogP contribution in [-0.2, 0) is 9.59 Å². The number of nitrogens with zero attached hydrogens (tertiary/aromatic N) is 1. The van der Waals surface area contributed by atoms with Crippen LogP contribution >= 0.6 is 0 Å². The Morgan fingerprint density at radius 1 is 0.800 bits per heavy atom. The van der Waals surface area contributed by atoms with Crippen molar-refractivity contribution in [3.63, 3.8) is 0 Å². The Kier molecular flexibility index (Phi) is 4.96. The van der Waals surface area contributed by atoms with Crippen LogP contribution < -0.4 is 10.2 Å². The van der Waals surface area contributed by atoms with Crippen molar-refractivity contribution in [1.82, 2.24) is 0 Å². The van der Waals surface area contributed by atoms with E-state index < -0.39 is 17.6 Å². The molecule has 0 fully saturated rings. The van der Waals surface area contributed by atoms with Gasteiger partial charge in [0, 0.05) is 5.69 Å². The Labute approximate surface area is 174 Å². The van der Waals surface area contributed by atoms with Crippen LogP contribution in [0.5, 0.6) is 0 Å². The highest BCUT2D eigenvalue weighted by Gasteiger charge is 2.40. The standard InChI is InChI=1S/C25H21FN2O2/c1-15-5-4-6-20(13-15)27-23-22(18-9-11-19(26)12-10-18)24(29)28(25(23)30)21-14-16(2)7-8-17(21)3/h4-14,27H,1-3H3. The number of rotatable bonds is 4. The molecule has 150 valence electrons. The van der Waals surface area contributed by atoms with E-state index in [4.69, 9.17) is 0 Å². The molecule has 4 rings (SSSR count). The minimum absolute atomic E-state index is 0.179. The SMILES string of the molecule is Cc1cccc(NC2=C(c3ccc(F)cc3)C(=O)N(c3cc(C)ccc3C)C2=O)c1. The molecular formula is C25H21FN2O2. The van der Waals surface area contributed by atoms with E-state index in [0.29, 0.717) is 16.9 Å². The van der Waals surface area contributed by atoms with E-state index in [1.54, 1.807) is 0 Å². The average Bonchev–Trinajstić information content (AvgIpc) is 2.94. The Bertz CT molecular complexity index is 1200. The van der Waals surface area contributed by atoms with Gasteiger partial charge in [0.15, 0.2) is 0 Å². The number of nitrogens with one attached hydrogen (secondary N) is 1. The number of halogens is 1. The minimum Gasteiger partial charge on any atom is -0.350 e. The molecule has 0 bridgehead atoms. The monoisotopic (exact) mass is 400 g/mol. The third kappa shape index (κ3) is 3.50. The third-order valence-corrected chi connectivity index (χ3v) is 5.11. The van der Waals surface area contributed by atoms with Gasteiger partial charge in [0.25, 0.3) is 11.8 Å². The number of hydrogen-bond acceptors (Lipinski definition) is 3. The quantitative estimate of drug-likeness (QED) is 0.617. The lowest BCUT2D eigenvalue weighted by Gasteiger charge is -2.18. The molecule has 3 aromatic rings. The van der Waals surface area contributed by atoms with E-state index in [1.807, 2.05) is 63.2 Å². The van der Waals surface area contributed by atoms with Crippen molar-refractivity contribution in [3.05, 3.63) is 100 Å². The van der Waals surface area contributed by atoms with Gasteiger partial charge in [0.2, 0.25) is 0 Å². The summed E-state index contributed by atoms with van der Waals surface area (Å²) < 4.78 is 13.5. The molecule has 0 aliphatic carbocycles. The highest BCUT2D eigenvalue weighted by atomic mass is 19.1. The third-order valence-electron chi connectivity index (χ3n) is 5.11. The fraction of sp³-hybridized carbons (Fsp3) is 0.120. The first-order valence-electron chi connectivity index (χ1n) is 9.65. The summed E-state index contributed by atoms with van der Waals surface area (Å²) in [5.74, 6) is -1.28. The maximum absolute atomic E-state index is 13.5. The van der Waals surface area contributed by atoms with E-state index in [9.17, 15) is 14.0 Å². The van der Waals surface area contributed by atoms with Crippen LogP contribution in [0.25, 0.3) is 5.57 Å². The number of hydrogen-bond donors (Lipinski definition) is 1. The van der Waals surface area contributed by atoms with Gasteiger partial charge in [-0.25, -0.2) is 9.29 Å². The van der Waals surface area contributed by atoms with Crippen molar-refractivity contribution in [2.45, 2.75) is 20.8 Å². The zero-order valence-electron chi connectivity index (χ0n) is 17.0. The van der Waals surface area contributed by atoms with Gasteiger partial charge < -0.3 is 5.32 Å². The predicted molar refractivity (Wildman–Crippen MR) is 117 cm³/mol. The molecule has 0 aromatic heterocycles. The van der Waals surface area contributed by atoms with Crippen LogP contribution in [0.4, 0.5) is 15.8 Å². The normalized spacial score (nSPS) is 13.9. The van der Waals surface area contributed by atoms with Gasteiger partial charge in [0.1, 0.15) is 11.5 Å². The van der Waals surface area contributed by atoms with Crippen molar-refractivity contribution >= 4 is 28.8 Å². The van der Waals surface area contributed by atoms with E-state index in [0.717, 1.165) is 16.7 Å². The van der Waals surface area contributed by atoms with Crippen molar-refractivity contribution in [2.24, 2.45) is 0 Å². The lowest BCUT2D eigenvalue weighted by molar-refractivity contribution is -0.120. The van der Waals surface area contributed by atoms with Gasteiger partial charge in [-0.1, -0.05) is 36.4 Å². The summed E-state index contributed by atoms with van der Waals surface area (Å²) in [4.78, 5) is 28.1. The maximum Gasteiger partial charge on any atom is 0.282 e. The summed E-state index contributed by atoms with van der Waals surface area (Å²) in [6, 6.07) is 18.8. The summed E-state index contributed by atoms with van der Waals surface area (Å²) in [5.41, 5.74) is 4.92. The molecule has 0 saturated carbocycles. The number of anilines is 2. The van der Waals surface area contributed by atoms with E-state index in [2.05, 4.69) is 5.32 Å². The summed E-state index contributed by atoms with van der Waals surface area (Å²) in [6.07, 6.45) is 0. The van der Waals surface area contributed by atoms with E-state index in [-0.39, 0.29) is 11.3 Å². The van der Waals surface area contributed by atoms with Crippen LogP contribution in [0.3, 0.4) is 0 Å². The van der Waals surface area contributed by atoms with Gasteiger partial charge in [-0.2, -0.15) is 0 Å². The van der Waals surface area contributed by atoms with Gasteiger partial charge in [-0.3, -0.25) is 9.59 Å². The minimum atomic E-state index is -0.436. The van der Waals surface area contributed by atoms with Crippen LogP contribution in [-0.4, -0.2) is 11.8 Å². The highest BCUT2D eigenvalue weighted by molar-refractivity contribution is 6.46. The summed E-state index contributed by atoms with van der Waals surface area (Å²) in [5, 5.41) is 3.13. The molecule has 0 atom stereocenters. The fourth-order valence-electron chi connectivity index (χ4n) is 3.58. The first kappa shape index (κ1) is 19.6. The number of aryl methyl sites for hydroxylation is 3. The van der Waals surface area contributed by atoms with Gasteiger partial charge >= 0.3 is 0 Å². The number of carbonyl (C=O) groups excluding carboxylic acids is 2. The van der Waals surface area contributed by atoms with Crippen molar-refractivity contribution in [1.29, 1.82) is 0 Å².